The molecule has 0 fully saturated rings. The number of ether oxygens (including phenoxy) is 2. The van der Waals surface area contributed by atoms with Gasteiger partial charge in [-0.05, 0) is 24.3 Å². The topological polar surface area (TPSA) is 18.5 Å². The van der Waals surface area contributed by atoms with E-state index in [4.69, 9.17) is 0 Å². The van der Waals surface area contributed by atoms with Crippen molar-refractivity contribution in [2.24, 2.45) is 0 Å². The van der Waals surface area contributed by atoms with Gasteiger partial charge in [-0.2, -0.15) is 8.78 Å². The first-order valence-corrected chi connectivity index (χ1v) is 5.86. The molecule has 0 bridgehead atoms. The largest absolute Gasteiger partial charge is 0.483 e. The van der Waals surface area contributed by atoms with E-state index in [1.54, 1.807) is 0 Å². The van der Waals surface area contributed by atoms with Crippen LogP contribution in [0.5, 0.6) is 11.5 Å². The highest BCUT2D eigenvalue weighted by Crippen LogP contribution is 2.26. The van der Waals surface area contributed by atoms with Crippen LogP contribution in [0.3, 0.4) is 0 Å². The second-order valence-electron chi connectivity index (χ2n) is 4.18. The maximum atomic E-state index is 13.5. The van der Waals surface area contributed by atoms with Crippen LogP contribution in [0.2, 0.25) is 0 Å². The van der Waals surface area contributed by atoms with E-state index in [9.17, 15) is 26.3 Å². The lowest BCUT2D eigenvalue weighted by Crippen LogP contribution is -2.32. The number of rotatable bonds is 5. The summed E-state index contributed by atoms with van der Waals surface area (Å²) in [6.07, 6.45) is -4.01. The summed E-state index contributed by atoms with van der Waals surface area (Å²) in [6.45, 7) is -1.41. The van der Waals surface area contributed by atoms with Crippen molar-refractivity contribution in [3.63, 3.8) is 0 Å². The summed E-state index contributed by atoms with van der Waals surface area (Å²) in [5, 5.41) is 0. The molecule has 0 aliphatic rings. The number of halogens is 6. The van der Waals surface area contributed by atoms with Gasteiger partial charge in [0.1, 0.15) is 11.6 Å². The van der Waals surface area contributed by atoms with E-state index in [1.807, 2.05) is 0 Å². The van der Waals surface area contributed by atoms with Crippen LogP contribution in [0.1, 0.15) is 0 Å². The highest BCUT2D eigenvalue weighted by atomic mass is 19.3. The highest BCUT2D eigenvalue weighted by Gasteiger charge is 2.34. The molecular formula is C14H8F6O2. The van der Waals surface area contributed by atoms with Crippen LogP contribution < -0.4 is 9.47 Å². The van der Waals surface area contributed by atoms with Crippen molar-refractivity contribution >= 4 is 0 Å². The van der Waals surface area contributed by atoms with Gasteiger partial charge in [-0.15, -0.1) is 0 Å². The molecule has 0 saturated carbocycles. The fourth-order valence-electron chi connectivity index (χ4n) is 1.48. The van der Waals surface area contributed by atoms with Gasteiger partial charge >= 0.3 is 6.11 Å². The van der Waals surface area contributed by atoms with E-state index in [0.29, 0.717) is 24.3 Å². The van der Waals surface area contributed by atoms with Gasteiger partial charge in [-0.25, -0.2) is 17.6 Å². The zero-order valence-corrected chi connectivity index (χ0v) is 10.8. The Morgan fingerprint density at radius 3 is 2.18 bits per heavy atom. The molecule has 2 rings (SSSR count). The Balaban J connectivity index is 2.04. The summed E-state index contributed by atoms with van der Waals surface area (Å²) in [5.41, 5.74) is 0. The van der Waals surface area contributed by atoms with Gasteiger partial charge in [-0.3, -0.25) is 0 Å². The van der Waals surface area contributed by atoms with Gasteiger partial charge in [0.05, 0.1) is 0 Å². The third kappa shape index (κ3) is 4.06. The van der Waals surface area contributed by atoms with Crippen LogP contribution >= 0.6 is 0 Å². The van der Waals surface area contributed by atoms with Crippen LogP contribution in [-0.4, -0.2) is 12.7 Å². The first kappa shape index (κ1) is 16.0. The van der Waals surface area contributed by atoms with Crippen molar-refractivity contribution in [1.29, 1.82) is 0 Å². The maximum Gasteiger partial charge on any atom is 0.433 e. The van der Waals surface area contributed by atoms with Crippen molar-refractivity contribution < 1.29 is 35.8 Å². The zero-order chi connectivity index (χ0) is 16.3. The lowest BCUT2D eigenvalue weighted by Gasteiger charge is -2.18. The molecule has 0 amide bonds. The Labute approximate surface area is 120 Å². The Morgan fingerprint density at radius 1 is 0.818 bits per heavy atom. The standard InChI is InChI=1S/C14H8F6O2/c15-8-1-3-11(17)13(5-8)22-14(19,20)7-21-9-2-4-10(16)12(18)6-9/h1-6H,7H2. The predicted molar refractivity (Wildman–Crippen MR) is 63.8 cm³/mol. The fourth-order valence-corrected chi connectivity index (χ4v) is 1.48. The molecule has 0 aliphatic carbocycles. The van der Waals surface area contributed by atoms with Gasteiger partial charge in [-0.1, -0.05) is 0 Å². The molecule has 118 valence electrons. The quantitative estimate of drug-likeness (QED) is 0.765. The van der Waals surface area contributed by atoms with Crippen LogP contribution in [0.4, 0.5) is 26.3 Å². The molecule has 0 spiro atoms. The van der Waals surface area contributed by atoms with E-state index in [2.05, 4.69) is 9.47 Å². The van der Waals surface area contributed by atoms with Crippen LogP contribution in [0.15, 0.2) is 36.4 Å². The molecule has 0 unspecified atom stereocenters. The third-order valence-electron chi connectivity index (χ3n) is 2.45. The van der Waals surface area contributed by atoms with E-state index >= 15 is 0 Å². The average Bonchev–Trinajstić information content (AvgIpc) is 2.44. The summed E-state index contributed by atoms with van der Waals surface area (Å²) in [7, 11) is 0. The first-order chi connectivity index (χ1) is 10.3. The summed E-state index contributed by atoms with van der Waals surface area (Å²) in [4.78, 5) is 0. The number of benzene rings is 2. The van der Waals surface area contributed by atoms with E-state index < -0.39 is 41.7 Å². The average molecular weight is 322 g/mol. The molecule has 0 aromatic heterocycles. The lowest BCUT2D eigenvalue weighted by molar-refractivity contribution is -0.196. The number of hydrogen-bond acceptors (Lipinski definition) is 2. The van der Waals surface area contributed by atoms with Gasteiger partial charge < -0.3 is 9.47 Å². The molecule has 2 aromatic rings. The number of hydrogen-bond donors (Lipinski definition) is 0. The summed E-state index contributed by atoms with van der Waals surface area (Å²) < 4.78 is 87.2. The van der Waals surface area contributed by atoms with Gasteiger partial charge in [0.15, 0.2) is 29.8 Å². The molecule has 0 atom stereocenters. The Morgan fingerprint density at radius 2 is 1.50 bits per heavy atom. The molecule has 0 N–H and O–H groups in total. The fraction of sp³-hybridized carbons (Fsp3) is 0.143. The van der Waals surface area contributed by atoms with Crippen molar-refractivity contribution in [3.05, 3.63) is 59.7 Å². The molecule has 22 heavy (non-hydrogen) atoms. The van der Waals surface area contributed by atoms with Crippen LogP contribution in [0, 0.1) is 23.3 Å². The minimum absolute atomic E-state index is 0.373. The molecule has 0 saturated heterocycles. The Hall–Kier alpha value is -2.38. The van der Waals surface area contributed by atoms with E-state index in [0.717, 1.165) is 12.1 Å². The summed E-state index contributed by atoms with van der Waals surface area (Å²) >= 11 is 0. The van der Waals surface area contributed by atoms with Crippen molar-refractivity contribution in [1.82, 2.24) is 0 Å². The smallest absolute Gasteiger partial charge is 0.433 e. The lowest BCUT2D eigenvalue weighted by atomic mass is 10.3. The maximum absolute atomic E-state index is 13.5. The van der Waals surface area contributed by atoms with E-state index in [1.165, 1.54) is 0 Å². The SMILES string of the molecule is Fc1ccc(F)c(OC(F)(F)COc2ccc(F)c(F)c2)c1. The minimum Gasteiger partial charge on any atom is -0.483 e. The molecular weight excluding hydrogens is 314 g/mol. The van der Waals surface area contributed by atoms with Gasteiger partial charge in [0, 0.05) is 12.1 Å². The molecule has 0 heterocycles. The van der Waals surface area contributed by atoms with Crippen molar-refractivity contribution in [2.75, 3.05) is 6.61 Å². The predicted octanol–water partition coefficient (Wildman–Crippen LogP) is 4.29. The molecule has 2 aromatic carbocycles. The first-order valence-electron chi connectivity index (χ1n) is 5.86. The van der Waals surface area contributed by atoms with Crippen LogP contribution in [-0.2, 0) is 0 Å². The highest BCUT2D eigenvalue weighted by molar-refractivity contribution is 5.26. The normalized spacial score (nSPS) is 11.4. The third-order valence-corrected chi connectivity index (χ3v) is 2.45. The second kappa shape index (κ2) is 6.17. The molecule has 2 nitrogen and oxygen atoms in total. The summed E-state index contributed by atoms with van der Waals surface area (Å²) in [6, 6.07) is 3.98. The molecule has 0 aliphatic heterocycles. The zero-order valence-electron chi connectivity index (χ0n) is 10.8. The Bertz CT molecular complexity index is 674. The number of alkyl halides is 2. The minimum atomic E-state index is -4.01. The van der Waals surface area contributed by atoms with Gasteiger partial charge in [0.25, 0.3) is 0 Å². The van der Waals surface area contributed by atoms with Crippen molar-refractivity contribution in [2.45, 2.75) is 6.11 Å². The monoisotopic (exact) mass is 322 g/mol. The van der Waals surface area contributed by atoms with Gasteiger partial charge in [0.2, 0.25) is 0 Å². The molecule has 0 radical (unpaired) electrons. The molecule has 8 heteroatoms. The summed E-state index contributed by atoms with van der Waals surface area (Å²) in [5.74, 6) is -5.97. The van der Waals surface area contributed by atoms with Crippen LogP contribution in [0.25, 0.3) is 0 Å². The van der Waals surface area contributed by atoms with E-state index in [-0.39, 0.29) is 5.75 Å². The second-order valence-corrected chi connectivity index (χ2v) is 4.18. The van der Waals surface area contributed by atoms with Crippen molar-refractivity contribution in [3.8, 4) is 11.5 Å². The Kier molecular flexibility index (Phi) is 4.48.